The summed E-state index contributed by atoms with van der Waals surface area (Å²) in [5, 5.41) is 2.86. The quantitative estimate of drug-likeness (QED) is 0.780. The van der Waals surface area contributed by atoms with Crippen molar-refractivity contribution in [3.8, 4) is 0 Å². The maximum Gasteiger partial charge on any atom is 0.320 e. The molecule has 1 aromatic heterocycles. The average Bonchev–Trinajstić information content (AvgIpc) is 3.30. The van der Waals surface area contributed by atoms with Crippen LogP contribution in [0.4, 0.5) is 0 Å². The highest BCUT2D eigenvalue weighted by Crippen LogP contribution is 2.17. The molecule has 1 atom stereocenters. The van der Waals surface area contributed by atoms with E-state index in [2.05, 4.69) is 5.32 Å². The first-order chi connectivity index (χ1) is 12.2. The Morgan fingerprint density at radius 1 is 1.20 bits per heavy atom. The number of nitrogens with zero attached hydrogens (tertiary/aromatic N) is 1. The third kappa shape index (κ3) is 4.93. The summed E-state index contributed by atoms with van der Waals surface area (Å²) in [6.07, 6.45) is 3.22. The van der Waals surface area contributed by atoms with Gasteiger partial charge in [0.05, 0.1) is 25.4 Å². The first-order valence-corrected chi connectivity index (χ1v) is 8.46. The van der Waals surface area contributed by atoms with Crippen LogP contribution >= 0.6 is 0 Å². The van der Waals surface area contributed by atoms with Gasteiger partial charge in [-0.1, -0.05) is 30.3 Å². The van der Waals surface area contributed by atoms with Gasteiger partial charge in [0.2, 0.25) is 5.91 Å². The van der Waals surface area contributed by atoms with Gasteiger partial charge in [0.25, 0.3) is 0 Å². The zero-order valence-corrected chi connectivity index (χ0v) is 14.0. The van der Waals surface area contributed by atoms with Crippen molar-refractivity contribution in [2.24, 2.45) is 0 Å². The molecule has 0 aliphatic carbocycles. The van der Waals surface area contributed by atoms with E-state index in [1.807, 2.05) is 41.3 Å². The van der Waals surface area contributed by atoms with E-state index in [0.29, 0.717) is 12.3 Å². The predicted molar refractivity (Wildman–Crippen MR) is 91.4 cm³/mol. The number of benzene rings is 1. The van der Waals surface area contributed by atoms with Crippen molar-refractivity contribution in [1.29, 1.82) is 0 Å². The lowest BCUT2D eigenvalue weighted by atomic mass is 10.2. The molecule has 3 rings (SSSR count). The highest BCUT2D eigenvalue weighted by Gasteiger charge is 2.32. The number of esters is 1. The van der Waals surface area contributed by atoms with Gasteiger partial charge in [-0.2, -0.15) is 0 Å². The number of ether oxygens (including phenoxy) is 1. The number of hydrogen-bond donors (Lipinski definition) is 1. The van der Waals surface area contributed by atoms with Crippen LogP contribution in [0.5, 0.6) is 0 Å². The minimum atomic E-state index is -0.311. The van der Waals surface area contributed by atoms with Gasteiger partial charge >= 0.3 is 5.97 Å². The Hall–Kier alpha value is -2.60. The van der Waals surface area contributed by atoms with Gasteiger partial charge in [-0.15, -0.1) is 0 Å². The molecule has 2 aromatic rings. The fourth-order valence-corrected chi connectivity index (χ4v) is 2.97. The van der Waals surface area contributed by atoms with Crippen LogP contribution in [0.3, 0.4) is 0 Å². The predicted octanol–water partition coefficient (Wildman–Crippen LogP) is 2.10. The Kier molecular flexibility index (Phi) is 5.85. The minimum absolute atomic E-state index is 0.0789. The molecule has 25 heavy (non-hydrogen) atoms. The molecule has 6 nitrogen and oxygen atoms in total. The molecule has 0 spiro atoms. The van der Waals surface area contributed by atoms with Crippen LogP contribution in [0.1, 0.15) is 24.2 Å². The number of likely N-dealkylation sites (tertiary alicyclic amines) is 1. The Morgan fingerprint density at radius 2 is 2.04 bits per heavy atom. The molecule has 132 valence electrons. The minimum Gasteiger partial charge on any atom is -0.467 e. The number of amides is 1. The number of carbonyl (C=O) groups is 2. The summed E-state index contributed by atoms with van der Waals surface area (Å²) >= 11 is 0. The standard InChI is InChI=1S/C19H22N2O4/c22-18(25-14-15-6-2-1-3-7-15)13-21-10-4-9-17(21)19(23)20-12-16-8-5-11-24-16/h1-3,5-8,11,17H,4,9-10,12-14H2,(H,20,23)/t17-/m1/s1. The van der Waals surface area contributed by atoms with Crippen LogP contribution in [0.25, 0.3) is 0 Å². The molecular weight excluding hydrogens is 320 g/mol. The number of nitrogens with one attached hydrogen (secondary N) is 1. The molecule has 1 aliphatic rings. The van der Waals surface area contributed by atoms with E-state index >= 15 is 0 Å². The van der Waals surface area contributed by atoms with Crippen molar-refractivity contribution in [2.75, 3.05) is 13.1 Å². The number of rotatable bonds is 7. The maximum absolute atomic E-state index is 12.4. The summed E-state index contributed by atoms with van der Waals surface area (Å²) in [4.78, 5) is 26.3. The van der Waals surface area contributed by atoms with Crippen molar-refractivity contribution in [1.82, 2.24) is 10.2 Å². The fraction of sp³-hybridized carbons (Fsp3) is 0.368. The molecular formula is C19H22N2O4. The van der Waals surface area contributed by atoms with Crippen molar-refractivity contribution in [3.63, 3.8) is 0 Å². The van der Waals surface area contributed by atoms with Gasteiger partial charge in [-0.3, -0.25) is 14.5 Å². The molecule has 1 N–H and O–H groups in total. The zero-order chi connectivity index (χ0) is 17.5. The third-order valence-electron chi connectivity index (χ3n) is 4.26. The molecule has 0 saturated carbocycles. The van der Waals surface area contributed by atoms with E-state index in [1.165, 1.54) is 0 Å². The Labute approximate surface area is 146 Å². The Bertz CT molecular complexity index is 685. The van der Waals surface area contributed by atoms with Gasteiger partial charge in [0, 0.05) is 0 Å². The Morgan fingerprint density at radius 3 is 2.80 bits per heavy atom. The van der Waals surface area contributed by atoms with Crippen molar-refractivity contribution in [2.45, 2.75) is 32.0 Å². The lowest BCUT2D eigenvalue weighted by molar-refractivity contribution is -0.147. The van der Waals surface area contributed by atoms with Crippen molar-refractivity contribution < 1.29 is 18.7 Å². The highest BCUT2D eigenvalue weighted by molar-refractivity contribution is 5.83. The zero-order valence-electron chi connectivity index (χ0n) is 14.0. The lowest BCUT2D eigenvalue weighted by Gasteiger charge is -2.22. The normalized spacial score (nSPS) is 17.4. The number of carbonyl (C=O) groups excluding carboxylic acids is 2. The number of furan rings is 1. The SMILES string of the molecule is O=C(CN1CCC[C@@H]1C(=O)NCc1ccco1)OCc1ccccc1. The molecule has 1 fully saturated rings. The Balaban J connectivity index is 1.45. The summed E-state index contributed by atoms with van der Waals surface area (Å²) in [6, 6.07) is 12.9. The topological polar surface area (TPSA) is 71.8 Å². The molecule has 6 heteroatoms. The summed E-state index contributed by atoms with van der Waals surface area (Å²) in [7, 11) is 0. The van der Waals surface area contributed by atoms with Crippen LogP contribution in [0.15, 0.2) is 53.1 Å². The monoisotopic (exact) mass is 342 g/mol. The van der Waals surface area contributed by atoms with E-state index in [1.54, 1.807) is 12.3 Å². The number of hydrogen-bond acceptors (Lipinski definition) is 5. The van der Waals surface area contributed by atoms with Crippen LogP contribution in [-0.4, -0.2) is 35.9 Å². The van der Waals surface area contributed by atoms with Gasteiger partial charge < -0.3 is 14.5 Å². The van der Waals surface area contributed by atoms with Crippen LogP contribution < -0.4 is 5.32 Å². The summed E-state index contributed by atoms with van der Waals surface area (Å²) in [5.74, 6) is 0.319. The van der Waals surface area contributed by atoms with E-state index in [0.717, 1.165) is 24.9 Å². The van der Waals surface area contributed by atoms with Gasteiger partial charge in [-0.05, 0) is 37.1 Å². The second-order valence-electron chi connectivity index (χ2n) is 6.07. The van der Waals surface area contributed by atoms with Gasteiger partial charge in [-0.25, -0.2) is 0 Å². The molecule has 2 heterocycles. The smallest absolute Gasteiger partial charge is 0.320 e. The van der Waals surface area contributed by atoms with Crippen molar-refractivity contribution >= 4 is 11.9 Å². The average molecular weight is 342 g/mol. The summed E-state index contributed by atoms with van der Waals surface area (Å²) < 4.78 is 10.5. The first-order valence-electron chi connectivity index (χ1n) is 8.46. The van der Waals surface area contributed by atoms with Crippen LogP contribution in [0, 0.1) is 0 Å². The van der Waals surface area contributed by atoms with E-state index in [4.69, 9.17) is 9.15 Å². The summed E-state index contributed by atoms with van der Waals surface area (Å²) in [5.41, 5.74) is 0.949. The van der Waals surface area contributed by atoms with Crippen molar-refractivity contribution in [3.05, 3.63) is 60.1 Å². The van der Waals surface area contributed by atoms with E-state index in [-0.39, 0.29) is 31.1 Å². The molecule has 0 unspecified atom stereocenters. The van der Waals surface area contributed by atoms with Crippen LogP contribution in [-0.2, 0) is 27.5 Å². The molecule has 1 saturated heterocycles. The first kappa shape index (κ1) is 17.2. The molecule has 1 aliphatic heterocycles. The second kappa shape index (κ2) is 8.48. The molecule has 1 aromatic carbocycles. The molecule has 0 radical (unpaired) electrons. The molecule has 1 amide bonds. The molecule has 0 bridgehead atoms. The second-order valence-corrected chi connectivity index (χ2v) is 6.07. The maximum atomic E-state index is 12.4. The largest absolute Gasteiger partial charge is 0.467 e. The van der Waals surface area contributed by atoms with E-state index in [9.17, 15) is 9.59 Å². The summed E-state index contributed by atoms with van der Waals surface area (Å²) in [6.45, 7) is 1.46. The van der Waals surface area contributed by atoms with E-state index < -0.39 is 0 Å². The fourth-order valence-electron chi connectivity index (χ4n) is 2.97. The van der Waals surface area contributed by atoms with Gasteiger partial charge in [0.1, 0.15) is 12.4 Å². The van der Waals surface area contributed by atoms with Gasteiger partial charge in [0.15, 0.2) is 0 Å². The van der Waals surface area contributed by atoms with Crippen LogP contribution in [0.2, 0.25) is 0 Å². The lowest BCUT2D eigenvalue weighted by Crippen LogP contribution is -2.45. The highest BCUT2D eigenvalue weighted by atomic mass is 16.5. The third-order valence-corrected chi connectivity index (χ3v) is 4.26.